The molecule has 0 aliphatic carbocycles. The number of aliphatic hydroxyl groups excluding tert-OH is 2. The molecule has 102 valence electrons. The molecule has 1 unspecified atom stereocenters. The van der Waals surface area contributed by atoms with E-state index >= 15 is 0 Å². The number of aliphatic hydroxyl groups is 2. The van der Waals surface area contributed by atoms with Gasteiger partial charge in [0.2, 0.25) is 0 Å². The van der Waals surface area contributed by atoms with E-state index in [0.29, 0.717) is 11.5 Å². The molecule has 2 atom stereocenters. The molecule has 0 aliphatic heterocycles. The van der Waals surface area contributed by atoms with Gasteiger partial charge in [0, 0.05) is 7.11 Å². The van der Waals surface area contributed by atoms with Crippen molar-refractivity contribution in [3.63, 3.8) is 0 Å². The van der Waals surface area contributed by atoms with Gasteiger partial charge in [0.25, 0.3) is 0 Å². The number of benzene rings is 1. The van der Waals surface area contributed by atoms with E-state index in [2.05, 4.69) is 0 Å². The molecule has 0 fully saturated rings. The molecule has 1 rings (SSSR count). The molecular formula is C13H20O5. The molecule has 18 heavy (non-hydrogen) atoms. The van der Waals surface area contributed by atoms with Crippen molar-refractivity contribution in [2.45, 2.75) is 19.1 Å². The van der Waals surface area contributed by atoms with Crippen LogP contribution in [0.5, 0.6) is 11.5 Å². The highest BCUT2D eigenvalue weighted by atomic mass is 16.5. The first kappa shape index (κ1) is 14.8. The van der Waals surface area contributed by atoms with Crippen molar-refractivity contribution in [3.05, 3.63) is 23.8 Å². The monoisotopic (exact) mass is 256 g/mol. The lowest BCUT2D eigenvalue weighted by molar-refractivity contribution is 0.0319. The van der Waals surface area contributed by atoms with E-state index in [1.54, 1.807) is 25.1 Å². The van der Waals surface area contributed by atoms with Crippen LogP contribution in [-0.4, -0.2) is 43.8 Å². The van der Waals surface area contributed by atoms with E-state index in [1.165, 1.54) is 14.2 Å². The second-order valence-corrected chi connectivity index (χ2v) is 4.01. The number of ether oxygens (including phenoxy) is 3. The van der Waals surface area contributed by atoms with E-state index in [1.807, 2.05) is 0 Å². The zero-order chi connectivity index (χ0) is 13.5. The fourth-order valence-electron chi connectivity index (χ4n) is 1.49. The van der Waals surface area contributed by atoms with E-state index in [4.69, 9.17) is 14.2 Å². The summed E-state index contributed by atoms with van der Waals surface area (Å²) >= 11 is 0. The van der Waals surface area contributed by atoms with Gasteiger partial charge in [0.1, 0.15) is 12.7 Å². The third-order valence-corrected chi connectivity index (χ3v) is 2.46. The van der Waals surface area contributed by atoms with Gasteiger partial charge >= 0.3 is 0 Å². The fourth-order valence-corrected chi connectivity index (χ4v) is 1.49. The van der Waals surface area contributed by atoms with Crippen LogP contribution in [0.1, 0.15) is 18.6 Å². The first-order valence-electron chi connectivity index (χ1n) is 5.74. The van der Waals surface area contributed by atoms with Gasteiger partial charge in [-0.3, -0.25) is 0 Å². The SMILES string of the molecule is COCC(O)COc1ccc([C@H](C)O)cc1OC. The van der Waals surface area contributed by atoms with Crippen LogP contribution in [0.4, 0.5) is 0 Å². The summed E-state index contributed by atoms with van der Waals surface area (Å²) in [5.74, 6) is 1.05. The summed E-state index contributed by atoms with van der Waals surface area (Å²) in [5.41, 5.74) is 0.747. The average Bonchev–Trinajstić information content (AvgIpc) is 2.36. The molecule has 0 heterocycles. The Morgan fingerprint density at radius 3 is 2.39 bits per heavy atom. The molecule has 0 aromatic heterocycles. The number of methoxy groups -OCH3 is 2. The van der Waals surface area contributed by atoms with Crippen LogP contribution in [0.15, 0.2) is 18.2 Å². The molecule has 0 aliphatic rings. The predicted molar refractivity (Wildman–Crippen MR) is 67.0 cm³/mol. The topological polar surface area (TPSA) is 68.2 Å². The molecule has 1 aromatic carbocycles. The van der Waals surface area contributed by atoms with Gasteiger partial charge in [0.05, 0.1) is 19.8 Å². The van der Waals surface area contributed by atoms with Gasteiger partial charge in [-0.1, -0.05) is 6.07 Å². The van der Waals surface area contributed by atoms with Crippen molar-refractivity contribution in [3.8, 4) is 11.5 Å². The third-order valence-electron chi connectivity index (χ3n) is 2.46. The molecule has 0 spiro atoms. The average molecular weight is 256 g/mol. The maximum atomic E-state index is 9.49. The van der Waals surface area contributed by atoms with E-state index in [0.717, 1.165) is 5.56 Å². The molecular weight excluding hydrogens is 236 g/mol. The van der Waals surface area contributed by atoms with Crippen LogP contribution in [0.3, 0.4) is 0 Å². The highest BCUT2D eigenvalue weighted by Gasteiger charge is 2.11. The Balaban J connectivity index is 2.70. The maximum Gasteiger partial charge on any atom is 0.161 e. The Kier molecular flexibility index (Phi) is 5.91. The lowest BCUT2D eigenvalue weighted by Crippen LogP contribution is -2.22. The summed E-state index contributed by atoms with van der Waals surface area (Å²) in [7, 11) is 3.04. The van der Waals surface area contributed by atoms with Gasteiger partial charge in [-0.25, -0.2) is 0 Å². The van der Waals surface area contributed by atoms with Crippen molar-refractivity contribution in [1.29, 1.82) is 0 Å². The van der Waals surface area contributed by atoms with E-state index < -0.39 is 12.2 Å². The zero-order valence-corrected chi connectivity index (χ0v) is 10.9. The van der Waals surface area contributed by atoms with Crippen LogP contribution in [0.2, 0.25) is 0 Å². The summed E-state index contributed by atoms with van der Waals surface area (Å²) < 4.78 is 15.4. The minimum absolute atomic E-state index is 0.123. The second-order valence-electron chi connectivity index (χ2n) is 4.01. The van der Waals surface area contributed by atoms with E-state index in [9.17, 15) is 10.2 Å². The molecule has 0 saturated carbocycles. The quantitative estimate of drug-likeness (QED) is 0.765. The number of hydrogen-bond donors (Lipinski definition) is 2. The molecule has 5 heteroatoms. The van der Waals surface area contributed by atoms with Crippen LogP contribution < -0.4 is 9.47 Å². The van der Waals surface area contributed by atoms with Crippen LogP contribution in [0.25, 0.3) is 0 Å². The Labute approximate surface area is 107 Å². The van der Waals surface area contributed by atoms with Crippen molar-refractivity contribution in [2.75, 3.05) is 27.4 Å². The molecule has 1 aromatic rings. The van der Waals surface area contributed by atoms with Gasteiger partial charge in [0.15, 0.2) is 11.5 Å². The van der Waals surface area contributed by atoms with Crippen LogP contribution in [0, 0.1) is 0 Å². The number of rotatable bonds is 7. The molecule has 0 radical (unpaired) electrons. The van der Waals surface area contributed by atoms with Gasteiger partial charge in [-0.05, 0) is 24.6 Å². The van der Waals surface area contributed by atoms with E-state index in [-0.39, 0.29) is 13.2 Å². The highest BCUT2D eigenvalue weighted by Crippen LogP contribution is 2.30. The normalized spacial score (nSPS) is 14.1. The lowest BCUT2D eigenvalue weighted by atomic mass is 10.1. The third kappa shape index (κ3) is 4.18. The number of hydrogen-bond acceptors (Lipinski definition) is 5. The molecule has 0 bridgehead atoms. The molecule has 0 amide bonds. The minimum atomic E-state index is -0.684. The highest BCUT2D eigenvalue weighted by molar-refractivity contribution is 5.43. The Hall–Kier alpha value is -1.30. The second kappa shape index (κ2) is 7.20. The summed E-state index contributed by atoms with van der Waals surface area (Å²) in [4.78, 5) is 0. The predicted octanol–water partition coefficient (Wildman–Crippen LogP) is 1.13. The van der Waals surface area contributed by atoms with Crippen molar-refractivity contribution >= 4 is 0 Å². The maximum absolute atomic E-state index is 9.49. The first-order valence-corrected chi connectivity index (χ1v) is 5.74. The summed E-state index contributed by atoms with van der Waals surface area (Å²) in [5, 5.41) is 19.0. The largest absolute Gasteiger partial charge is 0.493 e. The summed E-state index contributed by atoms with van der Waals surface area (Å²) in [6, 6.07) is 5.17. The Morgan fingerprint density at radius 1 is 1.11 bits per heavy atom. The Morgan fingerprint density at radius 2 is 1.83 bits per heavy atom. The zero-order valence-electron chi connectivity index (χ0n) is 10.9. The first-order chi connectivity index (χ1) is 8.58. The summed E-state index contributed by atoms with van der Waals surface area (Å²) in [6.07, 6.45) is -1.25. The van der Waals surface area contributed by atoms with Crippen molar-refractivity contribution in [2.24, 2.45) is 0 Å². The fraction of sp³-hybridized carbons (Fsp3) is 0.538. The standard InChI is InChI=1S/C13H20O5/c1-9(14)10-4-5-12(13(6-10)17-3)18-8-11(15)7-16-2/h4-6,9,11,14-15H,7-8H2,1-3H3/t9-,11?/m0/s1. The lowest BCUT2D eigenvalue weighted by Gasteiger charge is -2.15. The molecule has 5 nitrogen and oxygen atoms in total. The smallest absolute Gasteiger partial charge is 0.161 e. The van der Waals surface area contributed by atoms with Gasteiger partial charge < -0.3 is 24.4 Å². The van der Waals surface area contributed by atoms with Gasteiger partial charge in [-0.15, -0.1) is 0 Å². The molecule has 2 N–H and O–H groups in total. The Bertz CT molecular complexity index is 364. The summed E-state index contributed by atoms with van der Waals surface area (Å²) in [6.45, 7) is 2.02. The van der Waals surface area contributed by atoms with Crippen molar-refractivity contribution < 1.29 is 24.4 Å². The van der Waals surface area contributed by atoms with Crippen LogP contribution in [-0.2, 0) is 4.74 Å². The van der Waals surface area contributed by atoms with Crippen LogP contribution >= 0.6 is 0 Å². The van der Waals surface area contributed by atoms with Gasteiger partial charge in [-0.2, -0.15) is 0 Å². The molecule has 0 saturated heterocycles. The van der Waals surface area contributed by atoms with Crippen molar-refractivity contribution in [1.82, 2.24) is 0 Å². The minimum Gasteiger partial charge on any atom is -0.493 e.